The number of unbranched alkanes of at least 4 members (excludes halogenated alkanes) is 30. The molecule has 18 unspecified atom stereocenters. The molecule has 0 aromatic carbocycles. The zero-order valence-electron chi connectivity index (χ0n) is 55.1. The van der Waals surface area contributed by atoms with Crippen LogP contribution in [0.4, 0.5) is 0 Å². The van der Waals surface area contributed by atoms with Gasteiger partial charge in [0.1, 0.15) is 98.7 Å². The van der Waals surface area contributed by atoms with Crippen molar-refractivity contribution in [2.75, 3.05) is 26.4 Å². The molecule has 11 N–H and O–H groups in total. The van der Waals surface area contributed by atoms with Crippen LogP contribution in [-0.2, 0) is 61.2 Å². The lowest BCUT2D eigenvalue weighted by Gasteiger charge is -2.49. The van der Waals surface area contributed by atoms with Crippen molar-refractivity contribution in [1.29, 1.82) is 0 Å². The lowest BCUT2D eigenvalue weighted by molar-refractivity contribution is -0.360. The fourth-order valence-corrected chi connectivity index (χ4v) is 12.5. The van der Waals surface area contributed by atoms with E-state index in [1.165, 1.54) is 103 Å². The highest BCUT2D eigenvalue weighted by molar-refractivity contribution is 7.47. The topological polar surface area (TPSA) is 374 Å². The van der Waals surface area contributed by atoms with Gasteiger partial charge >= 0.3 is 25.7 Å². The van der Waals surface area contributed by atoms with Gasteiger partial charge in [0.05, 0.1) is 13.2 Å². The Labute approximate surface area is 542 Å². The average Bonchev–Trinajstić information content (AvgIpc) is 0.861. The van der Waals surface area contributed by atoms with Crippen LogP contribution in [0.15, 0.2) is 12.2 Å². The summed E-state index contributed by atoms with van der Waals surface area (Å²) >= 11 is 0. The molecule has 0 bridgehead atoms. The van der Waals surface area contributed by atoms with E-state index in [-0.39, 0.29) is 19.3 Å². The van der Waals surface area contributed by atoms with Crippen LogP contribution in [0, 0.1) is 0 Å². The zero-order valence-corrected chi connectivity index (χ0v) is 56.0. The van der Waals surface area contributed by atoms with Crippen molar-refractivity contribution in [3.05, 3.63) is 12.2 Å². The number of ether oxygens (including phenoxy) is 7. The Kier molecular flexibility index (Phi) is 44.9. The molecule has 18 atom stereocenters. The van der Waals surface area contributed by atoms with Crippen LogP contribution in [0.5, 0.6) is 0 Å². The monoisotopic (exact) mass is 1330 g/mol. The number of allylic oxidation sites excluding steroid dienone is 2. The highest BCUT2D eigenvalue weighted by Gasteiger charge is 2.58. The van der Waals surface area contributed by atoms with Crippen LogP contribution in [0.3, 0.4) is 0 Å². The molecule has 3 aliphatic rings. The van der Waals surface area contributed by atoms with Crippen LogP contribution < -0.4 is 0 Å². The Morgan fingerprint density at radius 1 is 0.418 bits per heavy atom. The van der Waals surface area contributed by atoms with Gasteiger partial charge in [-0.2, -0.15) is 0 Å². The average molecular weight is 1330 g/mol. The summed E-state index contributed by atoms with van der Waals surface area (Å²) in [6.07, 6.45) is 4.70. The van der Waals surface area contributed by atoms with Crippen LogP contribution in [0.1, 0.15) is 258 Å². The third kappa shape index (κ3) is 33.5. The van der Waals surface area contributed by atoms with Crippen molar-refractivity contribution < 1.29 is 117 Å². The predicted octanol–water partition coefficient (Wildman–Crippen LogP) is 8.01. The Bertz CT molecular complexity index is 1950. The molecule has 91 heavy (non-hydrogen) atoms. The van der Waals surface area contributed by atoms with Gasteiger partial charge in [-0.15, -0.1) is 0 Å². The summed E-state index contributed by atoms with van der Waals surface area (Å²) in [4.78, 5) is 50.7. The van der Waals surface area contributed by atoms with E-state index in [9.17, 15) is 74.9 Å². The first-order valence-corrected chi connectivity index (χ1v) is 36.5. The Morgan fingerprint density at radius 2 is 0.769 bits per heavy atom. The number of phosphoric ester groups is 1. The summed E-state index contributed by atoms with van der Waals surface area (Å²) in [5.41, 5.74) is 0. The first-order chi connectivity index (χ1) is 43.8. The van der Waals surface area contributed by atoms with E-state index in [2.05, 4.69) is 32.9 Å². The Morgan fingerprint density at radius 3 is 1.20 bits per heavy atom. The predicted molar refractivity (Wildman–Crippen MR) is 338 cm³/mol. The minimum atomic E-state index is -5.69. The molecule has 1 aliphatic carbocycles. The number of carbonyl (C=O) groups excluding carboxylic acids is 3. The van der Waals surface area contributed by atoms with Crippen LogP contribution in [0.25, 0.3) is 0 Å². The standard InChI is InChI=1S/C66H121O24P/c1-4-7-10-13-16-19-22-24-27-29-31-34-37-40-50(68)82-44-47(85-52(70)42-39-36-33-30-26-23-20-17-14-11-8-5-2)45-84-91(80,81)90-64-62(88-65-60(78)55(73)53(71)48(43-67)86-65)58(76)57(75)59(77)63(64)89-66-61(79)56(74)54(72)49(87-66)46-83-51(69)41-38-35-32-28-25-21-18-15-12-9-6-3/h24,27,47-49,53-67,71-79H,4-23,25-26,28-46H2,1-3H3,(H,80,81)/b27-24-. The second kappa shape index (κ2) is 49.2. The van der Waals surface area contributed by atoms with Gasteiger partial charge in [-0.05, 0) is 44.9 Å². The van der Waals surface area contributed by atoms with Gasteiger partial charge in [-0.25, -0.2) is 4.57 Å². The maximum Gasteiger partial charge on any atom is 0.472 e. The van der Waals surface area contributed by atoms with Crippen molar-refractivity contribution in [2.24, 2.45) is 0 Å². The largest absolute Gasteiger partial charge is 0.472 e. The van der Waals surface area contributed by atoms with E-state index in [1.807, 2.05) is 0 Å². The maximum atomic E-state index is 14.3. The van der Waals surface area contributed by atoms with Crippen molar-refractivity contribution in [2.45, 2.75) is 362 Å². The number of phosphoric acid groups is 1. The minimum Gasteiger partial charge on any atom is -0.463 e. The number of aliphatic hydroxyl groups is 10. The molecule has 2 aliphatic heterocycles. The fraction of sp³-hybridized carbons (Fsp3) is 0.924. The summed E-state index contributed by atoms with van der Waals surface area (Å²) in [7, 11) is -5.69. The van der Waals surface area contributed by atoms with Gasteiger partial charge in [-0.3, -0.25) is 23.4 Å². The highest BCUT2D eigenvalue weighted by atomic mass is 31.2. The minimum absolute atomic E-state index is 0.0274. The molecule has 0 aromatic rings. The molecule has 0 amide bonds. The van der Waals surface area contributed by atoms with Gasteiger partial charge in [-0.1, -0.05) is 206 Å². The first kappa shape index (κ1) is 82.9. The van der Waals surface area contributed by atoms with Gasteiger partial charge in [0.2, 0.25) is 0 Å². The molecule has 0 aromatic heterocycles. The van der Waals surface area contributed by atoms with Crippen molar-refractivity contribution in [3.8, 4) is 0 Å². The molecule has 0 spiro atoms. The Hall–Kier alpha value is -2.30. The maximum absolute atomic E-state index is 14.3. The Balaban J connectivity index is 1.78. The number of carbonyl (C=O) groups is 3. The fourth-order valence-electron chi connectivity index (χ4n) is 11.5. The van der Waals surface area contributed by atoms with E-state index in [1.54, 1.807) is 0 Å². The van der Waals surface area contributed by atoms with Crippen LogP contribution in [-0.4, -0.2) is 204 Å². The number of hydrogen-bond acceptors (Lipinski definition) is 23. The molecular formula is C66H121O24P. The molecule has 2 heterocycles. The van der Waals surface area contributed by atoms with Gasteiger partial charge in [0.15, 0.2) is 18.7 Å². The van der Waals surface area contributed by atoms with E-state index in [0.29, 0.717) is 19.3 Å². The number of hydrogen-bond donors (Lipinski definition) is 11. The lowest BCUT2D eigenvalue weighted by Crippen LogP contribution is -2.69. The first-order valence-electron chi connectivity index (χ1n) is 35.0. The SMILES string of the molecule is CCCCCCCC/C=C\CCCCCC(=O)OCC(COP(=O)(O)OC1C(OC2OC(CO)C(O)C(O)C2O)C(O)C(O)C(O)C1OC1OC(COC(=O)CCCCCCCCCCCCC)C(O)C(O)C1O)OC(=O)CCCCCCCCCCCCCC. The van der Waals surface area contributed by atoms with Gasteiger partial charge in [0, 0.05) is 19.3 Å². The van der Waals surface area contributed by atoms with Crippen LogP contribution in [0.2, 0.25) is 0 Å². The smallest absolute Gasteiger partial charge is 0.463 e. The molecule has 0 radical (unpaired) electrons. The summed E-state index contributed by atoms with van der Waals surface area (Å²) in [6.45, 7) is 3.37. The summed E-state index contributed by atoms with van der Waals surface area (Å²) in [6, 6.07) is 0. The summed E-state index contributed by atoms with van der Waals surface area (Å²) < 4.78 is 64.7. The van der Waals surface area contributed by atoms with Gasteiger partial charge in [0.25, 0.3) is 0 Å². The lowest BCUT2D eigenvalue weighted by atomic mass is 9.84. The van der Waals surface area contributed by atoms with Crippen LogP contribution >= 0.6 is 7.82 Å². The molecule has 25 heteroatoms. The van der Waals surface area contributed by atoms with E-state index in [4.69, 9.17) is 42.2 Å². The number of aliphatic hydroxyl groups excluding tert-OH is 10. The van der Waals surface area contributed by atoms with E-state index < -0.39 is 156 Å². The third-order valence-corrected chi connectivity index (χ3v) is 18.3. The van der Waals surface area contributed by atoms with Crippen molar-refractivity contribution in [1.82, 2.24) is 0 Å². The third-order valence-electron chi connectivity index (χ3n) is 17.3. The number of rotatable bonds is 53. The van der Waals surface area contributed by atoms with E-state index in [0.717, 1.165) is 96.3 Å². The quantitative estimate of drug-likeness (QED) is 0.00902. The molecule has 1 saturated carbocycles. The van der Waals surface area contributed by atoms with Gasteiger partial charge < -0.3 is 89.1 Å². The van der Waals surface area contributed by atoms with E-state index >= 15 is 0 Å². The molecular weight excluding hydrogens is 1210 g/mol. The highest BCUT2D eigenvalue weighted by Crippen LogP contribution is 2.49. The van der Waals surface area contributed by atoms with Crippen molar-refractivity contribution >= 4 is 25.7 Å². The summed E-state index contributed by atoms with van der Waals surface area (Å²) in [5.74, 6) is -2.01. The summed E-state index contributed by atoms with van der Waals surface area (Å²) in [5, 5.41) is 110. The molecule has 534 valence electrons. The zero-order chi connectivity index (χ0) is 66.8. The number of esters is 3. The second-order valence-corrected chi connectivity index (χ2v) is 26.7. The second-order valence-electron chi connectivity index (χ2n) is 25.2. The molecule has 3 fully saturated rings. The normalized spacial score (nSPS) is 28.9. The molecule has 3 rings (SSSR count). The molecule has 24 nitrogen and oxygen atoms in total. The van der Waals surface area contributed by atoms with Crippen molar-refractivity contribution in [3.63, 3.8) is 0 Å². The molecule has 2 saturated heterocycles.